The van der Waals surface area contributed by atoms with E-state index in [0.717, 1.165) is 16.9 Å². The molecule has 0 saturated heterocycles. The first-order valence-electron chi connectivity index (χ1n) is 8.82. The van der Waals surface area contributed by atoms with E-state index in [9.17, 15) is 9.50 Å². The number of rotatable bonds is 7. The molecule has 3 aromatic rings. The number of hydrogen-bond acceptors (Lipinski definition) is 3. The van der Waals surface area contributed by atoms with E-state index in [4.69, 9.17) is 5.10 Å². The molecule has 136 valence electrons. The van der Waals surface area contributed by atoms with Gasteiger partial charge in [0.1, 0.15) is 5.82 Å². The van der Waals surface area contributed by atoms with Crippen molar-refractivity contribution in [3.63, 3.8) is 0 Å². The van der Waals surface area contributed by atoms with Gasteiger partial charge in [0.2, 0.25) is 0 Å². The van der Waals surface area contributed by atoms with Gasteiger partial charge in [-0.15, -0.1) is 0 Å². The first-order chi connectivity index (χ1) is 12.5. The van der Waals surface area contributed by atoms with Gasteiger partial charge in [0, 0.05) is 24.8 Å². The minimum absolute atomic E-state index is 0.302. The number of aromatic nitrogens is 2. The summed E-state index contributed by atoms with van der Waals surface area (Å²) in [6.45, 7) is 5.24. The number of nitrogens with zero attached hydrogens (tertiary/aromatic N) is 2. The van der Waals surface area contributed by atoms with Crippen LogP contribution in [0.3, 0.4) is 0 Å². The Morgan fingerprint density at radius 3 is 2.42 bits per heavy atom. The van der Waals surface area contributed by atoms with E-state index in [-0.39, 0.29) is 5.82 Å². The van der Waals surface area contributed by atoms with Gasteiger partial charge in [0.25, 0.3) is 0 Å². The van der Waals surface area contributed by atoms with Crippen molar-refractivity contribution < 1.29 is 9.50 Å². The van der Waals surface area contributed by atoms with Gasteiger partial charge in [0.15, 0.2) is 0 Å². The van der Waals surface area contributed by atoms with E-state index in [1.54, 1.807) is 12.1 Å². The molecule has 0 bridgehead atoms. The Morgan fingerprint density at radius 1 is 1.08 bits per heavy atom. The minimum Gasteiger partial charge on any atom is -0.387 e. The Kier molecular flexibility index (Phi) is 5.81. The molecular formula is C21H24FN3O. The number of aliphatic hydroxyl groups excluding tert-OH is 1. The van der Waals surface area contributed by atoms with Crippen LogP contribution < -0.4 is 5.32 Å². The Bertz CT molecular complexity index is 828. The van der Waals surface area contributed by atoms with E-state index in [1.807, 2.05) is 41.2 Å². The molecule has 1 aromatic heterocycles. The molecule has 2 aromatic carbocycles. The zero-order chi connectivity index (χ0) is 18.5. The van der Waals surface area contributed by atoms with E-state index >= 15 is 0 Å². The monoisotopic (exact) mass is 353 g/mol. The molecule has 1 atom stereocenters. The van der Waals surface area contributed by atoms with Crippen LogP contribution in [0.25, 0.3) is 5.69 Å². The fourth-order valence-electron chi connectivity index (χ4n) is 2.90. The first-order valence-corrected chi connectivity index (χ1v) is 8.82. The maximum Gasteiger partial charge on any atom is 0.123 e. The van der Waals surface area contributed by atoms with Crippen molar-refractivity contribution in [2.45, 2.75) is 32.4 Å². The third-order valence-corrected chi connectivity index (χ3v) is 4.30. The molecule has 0 aliphatic heterocycles. The van der Waals surface area contributed by atoms with Crippen LogP contribution in [0.15, 0.2) is 60.8 Å². The fourth-order valence-corrected chi connectivity index (χ4v) is 2.90. The third-order valence-electron chi connectivity index (χ3n) is 4.30. The maximum atomic E-state index is 13.0. The highest BCUT2D eigenvalue weighted by molar-refractivity contribution is 5.33. The summed E-state index contributed by atoms with van der Waals surface area (Å²) in [6.07, 6.45) is 1.35. The second kappa shape index (κ2) is 8.25. The highest BCUT2D eigenvalue weighted by Crippen LogP contribution is 2.20. The fraction of sp³-hybridized carbons (Fsp3) is 0.286. The summed E-state index contributed by atoms with van der Waals surface area (Å²) in [5.74, 6) is 0.00240. The van der Waals surface area contributed by atoms with E-state index in [1.165, 1.54) is 12.1 Å². The maximum absolute atomic E-state index is 13.0. The summed E-state index contributed by atoms with van der Waals surface area (Å²) in [4.78, 5) is 0. The number of para-hydroxylation sites is 1. The first kappa shape index (κ1) is 18.3. The second-order valence-electron chi connectivity index (χ2n) is 6.67. The number of aliphatic hydroxyl groups is 1. The van der Waals surface area contributed by atoms with Gasteiger partial charge in [-0.3, -0.25) is 0 Å². The van der Waals surface area contributed by atoms with Crippen molar-refractivity contribution in [1.29, 1.82) is 0 Å². The van der Waals surface area contributed by atoms with Crippen LogP contribution in [0.1, 0.15) is 42.7 Å². The van der Waals surface area contributed by atoms with Gasteiger partial charge >= 0.3 is 0 Å². The van der Waals surface area contributed by atoms with Crippen molar-refractivity contribution in [1.82, 2.24) is 15.1 Å². The normalized spacial score (nSPS) is 12.5. The van der Waals surface area contributed by atoms with Gasteiger partial charge in [-0.1, -0.05) is 44.2 Å². The van der Waals surface area contributed by atoms with Gasteiger partial charge in [-0.25, -0.2) is 9.07 Å². The molecule has 4 nitrogen and oxygen atoms in total. The highest BCUT2D eigenvalue weighted by Gasteiger charge is 2.14. The summed E-state index contributed by atoms with van der Waals surface area (Å²) in [7, 11) is 0. The molecule has 2 N–H and O–H groups in total. The van der Waals surface area contributed by atoms with Crippen LogP contribution in [0, 0.1) is 5.82 Å². The van der Waals surface area contributed by atoms with Crippen LogP contribution in [0.2, 0.25) is 0 Å². The molecular weight excluding hydrogens is 329 g/mol. The van der Waals surface area contributed by atoms with Crippen molar-refractivity contribution in [2.75, 3.05) is 6.54 Å². The molecule has 5 heteroatoms. The second-order valence-corrected chi connectivity index (χ2v) is 6.67. The van der Waals surface area contributed by atoms with E-state index in [2.05, 4.69) is 19.2 Å². The summed E-state index contributed by atoms with van der Waals surface area (Å²) >= 11 is 0. The van der Waals surface area contributed by atoms with Crippen LogP contribution in [-0.4, -0.2) is 21.4 Å². The van der Waals surface area contributed by atoms with Crippen molar-refractivity contribution >= 4 is 0 Å². The minimum atomic E-state index is -0.678. The number of halogens is 1. The Morgan fingerprint density at radius 2 is 1.77 bits per heavy atom. The third kappa shape index (κ3) is 4.36. The number of hydrogen-bond donors (Lipinski definition) is 2. The lowest BCUT2D eigenvalue weighted by Gasteiger charge is -2.12. The molecule has 0 aliphatic rings. The smallest absolute Gasteiger partial charge is 0.123 e. The van der Waals surface area contributed by atoms with Gasteiger partial charge in [0.05, 0.1) is 17.5 Å². The molecule has 1 heterocycles. The van der Waals surface area contributed by atoms with Crippen molar-refractivity contribution in [2.24, 2.45) is 0 Å². The Balaban J connectivity index is 1.67. The Hall–Kier alpha value is -2.50. The van der Waals surface area contributed by atoms with Crippen molar-refractivity contribution in [3.8, 4) is 5.69 Å². The molecule has 0 spiro atoms. The van der Waals surface area contributed by atoms with E-state index in [0.29, 0.717) is 24.6 Å². The largest absolute Gasteiger partial charge is 0.387 e. The highest BCUT2D eigenvalue weighted by atomic mass is 19.1. The molecule has 0 saturated carbocycles. The zero-order valence-electron chi connectivity index (χ0n) is 15.1. The lowest BCUT2D eigenvalue weighted by molar-refractivity contribution is 0.174. The topological polar surface area (TPSA) is 50.1 Å². The predicted molar refractivity (Wildman–Crippen MR) is 101 cm³/mol. The van der Waals surface area contributed by atoms with Gasteiger partial charge < -0.3 is 10.4 Å². The summed E-state index contributed by atoms with van der Waals surface area (Å²) in [5, 5.41) is 18.2. The molecule has 0 radical (unpaired) electrons. The standard InChI is InChI=1S/C21H24FN3O/c1-15(2)21-17(14-25(24-21)19-6-4-3-5-7-19)12-23-13-20(26)16-8-10-18(22)11-9-16/h3-11,14-15,20,23,26H,12-13H2,1-2H3. The van der Waals surface area contributed by atoms with Crippen molar-refractivity contribution in [3.05, 3.63) is 83.4 Å². The predicted octanol–water partition coefficient (Wildman–Crippen LogP) is 3.96. The van der Waals surface area contributed by atoms with Gasteiger partial charge in [-0.05, 0) is 35.7 Å². The molecule has 0 fully saturated rings. The zero-order valence-corrected chi connectivity index (χ0v) is 15.1. The Labute approximate surface area is 153 Å². The average Bonchev–Trinajstić information content (AvgIpc) is 3.07. The molecule has 0 aliphatic carbocycles. The van der Waals surface area contributed by atoms with Crippen LogP contribution in [0.4, 0.5) is 4.39 Å². The summed E-state index contributed by atoms with van der Waals surface area (Å²) in [5.41, 5.74) is 3.86. The molecule has 1 unspecified atom stereocenters. The average molecular weight is 353 g/mol. The summed E-state index contributed by atoms with van der Waals surface area (Å²) < 4.78 is 14.9. The summed E-state index contributed by atoms with van der Waals surface area (Å²) in [6, 6.07) is 15.9. The van der Waals surface area contributed by atoms with E-state index < -0.39 is 6.10 Å². The lowest BCUT2D eigenvalue weighted by atomic mass is 10.1. The van der Waals surface area contributed by atoms with Gasteiger partial charge in [-0.2, -0.15) is 5.10 Å². The number of nitrogens with one attached hydrogen (secondary N) is 1. The number of benzene rings is 2. The quantitative estimate of drug-likeness (QED) is 0.676. The van der Waals surface area contributed by atoms with Crippen LogP contribution in [0.5, 0.6) is 0 Å². The SMILES string of the molecule is CC(C)c1nn(-c2ccccc2)cc1CNCC(O)c1ccc(F)cc1. The van der Waals surface area contributed by atoms with Crippen LogP contribution in [-0.2, 0) is 6.54 Å². The molecule has 3 rings (SSSR count). The molecule has 0 amide bonds. The lowest BCUT2D eigenvalue weighted by Crippen LogP contribution is -2.21. The van der Waals surface area contributed by atoms with Crippen LogP contribution >= 0.6 is 0 Å². The molecule has 26 heavy (non-hydrogen) atoms.